The van der Waals surface area contributed by atoms with Gasteiger partial charge in [0.05, 0.1) is 11.6 Å². The van der Waals surface area contributed by atoms with Gasteiger partial charge in [0.15, 0.2) is 11.5 Å². The van der Waals surface area contributed by atoms with Crippen molar-refractivity contribution in [1.82, 2.24) is 24.7 Å². The van der Waals surface area contributed by atoms with Gasteiger partial charge in [-0.3, -0.25) is 9.67 Å². The Hall–Kier alpha value is -2.50. The van der Waals surface area contributed by atoms with Gasteiger partial charge in [-0.15, -0.1) is 0 Å². The molecule has 2 fully saturated rings. The van der Waals surface area contributed by atoms with Crippen molar-refractivity contribution in [3.63, 3.8) is 0 Å². The predicted octanol–water partition coefficient (Wildman–Crippen LogP) is 3.03. The Balaban J connectivity index is 1.59. The van der Waals surface area contributed by atoms with Crippen molar-refractivity contribution in [2.75, 3.05) is 5.32 Å². The minimum atomic E-state index is 0.535. The molecule has 0 amide bonds. The number of anilines is 1. The second-order valence-electron chi connectivity index (χ2n) is 7.06. The van der Waals surface area contributed by atoms with E-state index < -0.39 is 0 Å². The van der Waals surface area contributed by atoms with Gasteiger partial charge in [0.25, 0.3) is 0 Å². The average molecular weight is 320 g/mol. The van der Waals surface area contributed by atoms with E-state index in [1.165, 1.54) is 25.7 Å². The monoisotopic (exact) mass is 320 g/mol. The second-order valence-corrected chi connectivity index (χ2v) is 7.06. The van der Waals surface area contributed by atoms with Crippen LogP contribution in [0.25, 0.3) is 22.4 Å². The molecule has 122 valence electrons. The van der Waals surface area contributed by atoms with E-state index >= 15 is 0 Å². The number of hydrogen-bond donors (Lipinski definition) is 1. The lowest BCUT2D eigenvalue weighted by molar-refractivity contribution is 0.439. The molecule has 1 N–H and O–H groups in total. The Bertz CT molecular complexity index is 887. The summed E-state index contributed by atoms with van der Waals surface area (Å²) in [7, 11) is 1.92. The standard InChI is InChI=1S/C18H20N6/c1-24-18-14(10-20-24)17(21-15-9-11-2-3-13(15)8-11)22-16(23-18)12-4-6-19-7-5-12/h4-7,10-11,13,15H,2-3,8-9H2,1H3,(H,21,22,23)/t11-,13+,15+/m0/s1. The number of hydrogen-bond acceptors (Lipinski definition) is 5. The quantitative estimate of drug-likeness (QED) is 0.803. The highest BCUT2D eigenvalue weighted by Gasteiger charge is 2.39. The zero-order valence-corrected chi connectivity index (χ0v) is 13.7. The number of rotatable bonds is 3. The molecule has 2 aliphatic carbocycles. The van der Waals surface area contributed by atoms with Gasteiger partial charge >= 0.3 is 0 Å². The minimum Gasteiger partial charge on any atom is -0.366 e. The zero-order chi connectivity index (χ0) is 16.1. The number of aryl methyl sites for hydroxylation is 1. The molecule has 2 aliphatic rings. The highest BCUT2D eigenvalue weighted by molar-refractivity contribution is 5.88. The van der Waals surface area contributed by atoms with Crippen LogP contribution in [-0.4, -0.2) is 30.8 Å². The van der Waals surface area contributed by atoms with E-state index in [9.17, 15) is 0 Å². The largest absolute Gasteiger partial charge is 0.366 e. The summed E-state index contributed by atoms with van der Waals surface area (Å²) < 4.78 is 1.81. The summed E-state index contributed by atoms with van der Waals surface area (Å²) in [4.78, 5) is 13.6. The number of pyridine rings is 1. The molecule has 0 unspecified atom stereocenters. The van der Waals surface area contributed by atoms with Gasteiger partial charge in [-0.25, -0.2) is 9.97 Å². The highest BCUT2D eigenvalue weighted by atomic mass is 15.3. The van der Waals surface area contributed by atoms with E-state index in [0.717, 1.165) is 40.1 Å². The van der Waals surface area contributed by atoms with E-state index in [-0.39, 0.29) is 0 Å². The first-order valence-electron chi connectivity index (χ1n) is 8.64. The number of aromatic nitrogens is 5. The van der Waals surface area contributed by atoms with Crippen molar-refractivity contribution in [3.8, 4) is 11.4 Å². The van der Waals surface area contributed by atoms with Gasteiger partial charge in [0, 0.05) is 31.0 Å². The maximum Gasteiger partial charge on any atom is 0.164 e. The minimum absolute atomic E-state index is 0.535. The fraction of sp³-hybridized carbons (Fsp3) is 0.444. The first-order chi connectivity index (χ1) is 11.8. The SMILES string of the molecule is Cn1ncc2c(N[C@@H]3C[C@H]4CC[C@@H]3C4)nc(-c3ccncc3)nc21. The molecule has 0 aliphatic heterocycles. The van der Waals surface area contributed by atoms with E-state index in [1.54, 1.807) is 12.4 Å². The van der Waals surface area contributed by atoms with Crippen LogP contribution >= 0.6 is 0 Å². The van der Waals surface area contributed by atoms with Crippen molar-refractivity contribution >= 4 is 16.9 Å². The summed E-state index contributed by atoms with van der Waals surface area (Å²) in [5.41, 5.74) is 1.84. The van der Waals surface area contributed by atoms with Crippen LogP contribution in [0.5, 0.6) is 0 Å². The first-order valence-corrected chi connectivity index (χ1v) is 8.64. The molecule has 3 aromatic heterocycles. The highest BCUT2D eigenvalue weighted by Crippen LogP contribution is 2.45. The molecule has 6 heteroatoms. The molecule has 3 heterocycles. The molecule has 0 aromatic carbocycles. The Morgan fingerprint density at radius 2 is 2.00 bits per heavy atom. The van der Waals surface area contributed by atoms with Crippen LogP contribution in [0.15, 0.2) is 30.7 Å². The summed E-state index contributed by atoms with van der Waals surface area (Å²) in [6.45, 7) is 0. The lowest BCUT2D eigenvalue weighted by Gasteiger charge is -2.23. The first kappa shape index (κ1) is 13.9. The predicted molar refractivity (Wildman–Crippen MR) is 92.4 cm³/mol. The third-order valence-electron chi connectivity index (χ3n) is 5.59. The van der Waals surface area contributed by atoms with Gasteiger partial charge in [-0.1, -0.05) is 6.42 Å². The van der Waals surface area contributed by atoms with Crippen LogP contribution in [0, 0.1) is 11.8 Å². The number of nitrogens with one attached hydrogen (secondary N) is 1. The summed E-state index contributed by atoms with van der Waals surface area (Å²) in [5, 5.41) is 9.09. The second kappa shape index (κ2) is 5.26. The van der Waals surface area contributed by atoms with E-state index in [4.69, 9.17) is 9.97 Å². The van der Waals surface area contributed by atoms with Gasteiger partial charge in [-0.2, -0.15) is 5.10 Å². The molecule has 3 aromatic rings. The molecule has 5 rings (SSSR count). The lowest BCUT2D eigenvalue weighted by Crippen LogP contribution is -2.26. The summed E-state index contributed by atoms with van der Waals surface area (Å²) in [5.74, 6) is 3.33. The molecule has 24 heavy (non-hydrogen) atoms. The number of fused-ring (bicyclic) bond motifs is 3. The summed E-state index contributed by atoms with van der Waals surface area (Å²) in [6, 6.07) is 4.42. The van der Waals surface area contributed by atoms with Gasteiger partial charge in [-0.05, 0) is 43.2 Å². The normalized spacial score (nSPS) is 25.5. The topological polar surface area (TPSA) is 68.5 Å². The van der Waals surface area contributed by atoms with E-state index in [1.807, 2.05) is 30.1 Å². The van der Waals surface area contributed by atoms with Crippen molar-refractivity contribution < 1.29 is 0 Å². The smallest absolute Gasteiger partial charge is 0.164 e. The fourth-order valence-corrected chi connectivity index (χ4v) is 4.36. The zero-order valence-electron chi connectivity index (χ0n) is 13.7. The van der Waals surface area contributed by atoms with Crippen LogP contribution < -0.4 is 5.32 Å². The number of nitrogens with zero attached hydrogens (tertiary/aromatic N) is 5. The Labute approximate surface area is 140 Å². The van der Waals surface area contributed by atoms with Gasteiger partial charge < -0.3 is 5.32 Å². The Morgan fingerprint density at radius 3 is 2.75 bits per heavy atom. The van der Waals surface area contributed by atoms with Gasteiger partial charge in [0.2, 0.25) is 0 Å². The van der Waals surface area contributed by atoms with Crippen LogP contribution in [0.2, 0.25) is 0 Å². The molecular formula is C18H20N6. The van der Waals surface area contributed by atoms with Crippen LogP contribution in [0.3, 0.4) is 0 Å². The third-order valence-corrected chi connectivity index (χ3v) is 5.59. The molecule has 0 spiro atoms. The Kier molecular flexibility index (Phi) is 3.04. The van der Waals surface area contributed by atoms with Crippen molar-refractivity contribution in [2.45, 2.75) is 31.7 Å². The molecular weight excluding hydrogens is 300 g/mol. The van der Waals surface area contributed by atoms with E-state index in [2.05, 4.69) is 15.4 Å². The average Bonchev–Trinajstić information content (AvgIpc) is 3.32. The summed E-state index contributed by atoms with van der Waals surface area (Å²) in [6.07, 6.45) is 10.8. The maximum absolute atomic E-state index is 4.83. The molecule has 0 saturated heterocycles. The Morgan fingerprint density at radius 1 is 1.12 bits per heavy atom. The molecule has 2 saturated carbocycles. The molecule has 3 atom stereocenters. The molecule has 2 bridgehead atoms. The van der Waals surface area contributed by atoms with Crippen LogP contribution in [-0.2, 0) is 7.05 Å². The van der Waals surface area contributed by atoms with Crippen LogP contribution in [0.1, 0.15) is 25.7 Å². The fourth-order valence-electron chi connectivity index (χ4n) is 4.36. The van der Waals surface area contributed by atoms with Gasteiger partial charge in [0.1, 0.15) is 5.82 Å². The van der Waals surface area contributed by atoms with Crippen molar-refractivity contribution in [3.05, 3.63) is 30.7 Å². The van der Waals surface area contributed by atoms with Crippen LogP contribution in [0.4, 0.5) is 5.82 Å². The van der Waals surface area contributed by atoms with Crippen molar-refractivity contribution in [2.24, 2.45) is 18.9 Å². The maximum atomic E-state index is 4.83. The molecule has 6 nitrogen and oxygen atoms in total. The van der Waals surface area contributed by atoms with E-state index in [0.29, 0.717) is 6.04 Å². The summed E-state index contributed by atoms with van der Waals surface area (Å²) >= 11 is 0. The lowest BCUT2D eigenvalue weighted by atomic mass is 9.95. The molecule has 0 radical (unpaired) electrons. The van der Waals surface area contributed by atoms with Crippen molar-refractivity contribution in [1.29, 1.82) is 0 Å². The third kappa shape index (κ3) is 2.17.